The van der Waals surface area contributed by atoms with Gasteiger partial charge in [-0.2, -0.15) is 0 Å². The second kappa shape index (κ2) is 4.50. The lowest BCUT2D eigenvalue weighted by molar-refractivity contribution is -0.104. The van der Waals surface area contributed by atoms with Crippen molar-refractivity contribution in [1.82, 2.24) is 0 Å². The van der Waals surface area contributed by atoms with Crippen LogP contribution >= 0.6 is 0 Å². The first-order chi connectivity index (χ1) is 6.24. The number of hydrogen-bond acceptors (Lipinski definition) is 1. The van der Waals surface area contributed by atoms with Gasteiger partial charge in [0.2, 0.25) is 0 Å². The van der Waals surface area contributed by atoms with E-state index in [0.29, 0.717) is 11.8 Å². The van der Waals surface area contributed by atoms with Crippen LogP contribution in [-0.2, 0) is 4.79 Å². The van der Waals surface area contributed by atoms with E-state index in [9.17, 15) is 13.6 Å². The third-order valence-electron chi connectivity index (χ3n) is 1.53. The molecule has 1 nitrogen and oxygen atoms in total. The minimum atomic E-state index is -2.47. The van der Waals surface area contributed by atoms with E-state index in [-0.39, 0.29) is 5.56 Å². The monoisotopic (exact) mass is 182 g/mol. The van der Waals surface area contributed by atoms with Gasteiger partial charge in [0.25, 0.3) is 6.43 Å². The number of rotatable bonds is 3. The highest BCUT2D eigenvalue weighted by atomic mass is 19.3. The van der Waals surface area contributed by atoms with Gasteiger partial charge in [0, 0.05) is 5.56 Å². The predicted octanol–water partition coefficient (Wildman–Crippen LogP) is 2.84. The van der Waals surface area contributed by atoms with Crippen LogP contribution in [0.15, 0.2) is 30.3 Å². The Balaban J connectivity index is 2.91. The number of carbonyl (C=O) groups is 1. The molecule has 0 aromatic heterocycles. The maximum absolute atomic E-state index is 12.2. The first-order valence-corrected chi connectivity index (χ1v) is 3.74. The Morgan fingerprint density at radius 3 is 2.69 bits per heavy atom. The van der Waals surface area contributed by atoms with E-state index in [1.165, 1.54) is 30.4 Å². The summed E-state index contributed by atoms with van der Waals surface area (Å²) in [7, 11) is 0. The summed E-state index contributed by atoms with van der Waals surface area (Å²) >= 11 is 0. The summed E-state index contributed by atoms with van der Waals surface area (Å²) in [5.74, 6) is 0. The van der Waals surface area contributed by atoms with Gasteiger partial charge in [-0.25, -0.2) is 8.78 Å². The van der Waals surface area contributed by atoms with Crippen LogP contribution in [0.5, 0.6) is 0 Å². The van der Waals surface area contributed by atoms with Gasteiger partial charge in [-0.3, -0.25) is 4.79 Å². The molecule has 1 aromatic rings. The number of allylic oxidation sites excluding steroid dienone is 1. The highest BCUT2D eigenvalue weighted by Crippen LogP contribution is 2.19. The molecule has 68 valence electrons. The Kier molecular flexibility index (Phi) is 3.31. The van der Waals surface area contributed by atoms with Crippen molar-refractivity contribution in [1.29, 1.82) is 0 Å². The van der Waals surface area contributed by atoms with Crippen LogP contribution in [0.2, 0.25) is 0 Å². The van der Waals surface area contributed by atoms with Gasteiger partial charge in [-0.15, -0.1) is 0 Å². The SMILES string of the molecule is O=CC=Cc1cccc(C(F)F)c1. The molecule has 1 rings (SSSR count). The van der Waals surface area contributed by atoms with Gasteiger partial charge in [0.15, 0.2) is 0 Å². The molecule has 0 bridgehead atoms. The minimum absolute atomic E-state index is 0.0342. The number of halogens is 2. The molecular weight excluding hydrogens is 174 g/mol. The molecule has 0 spiro atoms. The van der Waals surface area contributed by atoms with Crippen LogP contribution < -0.4 is 0 Å². The Bertz CT molecular complexity index is 318. The van der Waals surface area contributed by atoms with Gasteiger partial charge in [-0.1, -0.05) is 24.3 Å². The normalized spacial score (nSPS) is 11.0. The lowest BCUT2D eigenvalue weighted by Crippen LogP contribution is -1.83. The molecule has 3 heteroatoms. The average molecular weight is 182 g/mol. The summed E-state index contributed by atoms with van der Waals surface area (Å²) in [4.78, 5) is 9.96. The van der Waals surface area contributed by atoms with Crippen LogP contribution in [0.25, 0.3) is 6.08 Å². The van der Waals surface area contributed by atoms with Crippen molar-refractivity contribution in [3.8, 4) is 0 Å². The van der Waals surface area contributed by atoms with Crippen LogP contribution in [0, 0.1) is 0 Å². The van der Waals surface area contributed by atoms with Gasteiger partial charge in [0.1, 0.15) is 6.29 Å². The Hall–Kier alpha value is -1.51. The molecule has 0 heterocycles. The third-order valence-corrected chi connectivity index (χ3v) is 1.53. The van der Waals surface area contributed by atoms with Crippen molar-refractivity contribution in [2.45, 2.75) is 6.43 Å². The molecule has 0 atom stereocenters. The van der Waals surface area contributed by atoms with Crippen LogP contribution in [-0.4, -0.2) is 6.29 Å². The predicted molar refractivity (Wildman–Crippen MR) is 46.5 cm³/mol. The Morgan fingerprint density at radius 1 is 1.31 bits per heavy atom. The van der Waals surface area contributed by atoms with Crippen molar-refractivity contribution in [3.05, 3.63) is 41.5 Å². The van der Waals surface area contributed by atoms with Gasteiger partial charge < -0.3 is 0 Å². The molecule has 0 amide bonds. The van der Waals surface area contributed by atoms with E-state index >= 15 is 0 Å². The minimum Gasteiger partial charge on any atom is -0.299 e. The van der Waals surface area contributed by atoms with Crippen molar-refractivity contribution in [3.63, 3.8) is 0 Å². The fourth-order valence-electron chi connectivity index (χ4n) is 0.949. The zero-order chi connectivity index (χ0) is 9.68. The molecule has 0 saturated carbocycles. The second-order valence-electron chi connectivity index (χ2n) is 2.47. The van der Waals surface area contributed by atoms with E-state index in [4.69, 9.17) is 0 Å². The van der Waals surface area contributed by atoms with Crippen LogP contribution in [0.3, 0.4) is 0 Å². The second-order valence-corrected chi connectivity index (χ2v) is 2.47. The van der Waals surface area contributed by atoms with E-state index in [2.05, 4.69) is 0 Å². The average Bonchev–Trinajstić information content (AvgIpc) is 2.15. The summed E-state index contributed by atoms with van der Waals surface area (Å²) in [6.45, 7) is 0. The summed E-state index contributed by atoms with van der Waals surface area (Å²) in [6, 6.07) is 5.89. The third kappa shape index (κ3) is 2.78. The Morgan fingerprint density at radius 2 is 2.08 bits per heavy atom. The molecule has 0 aliphatic heterocycles. The molecule has 0 aliphatic carbocycles. The number of alkyl halides is 2. The maximum Gasteiger partial charge on any atom is 0.263 e. The smallest absolute Gasteiger partial charge is 0.263 e. The summed E-state index contributed by atoms with van der Waals surface area (Å²) in [5, 5.41) is 0. The first-order valence-electron chi connectivity index (χ1n) is 3.74. The van der Waals surface area contributed by atoms with Crippen molar-refractivity contribution < 1.29 is 13.6 Å². The summed E-state index contributed by atoms with van der Waals surface area (Å²) in [5.41, 5.74) is 0.568. The van der Waals surface area contributed by atoms with Crippen LogP contribution in [0.1, 0.15) is 17.6 Å². The number of carbonyl (C=O) groups excluding carboxylic acids is 1. The zero-order valence-corrected chi connectivity index (χ0v) is 6.78. The molecule has 0 aliphatic rings. The van der Waals surface area contributed by atoms with E-state index in [1.807, 2.05) is 0 Å². The van der Waals surface area contributed by atoms with Crippen molar-refractivity contribution in [2.75, 3.05) is 0 Å². The highest BCUT2D eigenvalue weighted by Gasteiger charge is 2.05. The molecule has 0 saturated heterocycles. The fourth-order valence-corrected chi connectivity index (χ4v) is 0.949. The van der Waals surface area contributed by atoms with Crippen LogP contribution in [0.4, 0.5) is 8.78 Å². The van der Waals surface area contributed by atoms with Crippen molar-refractivity contribution in [2.24, 2.45) is 0 Å². The topological polar surface area (TPSA) is 17.1 Å². The zero-order valence-electron chi connectivity index (χ0n) is 6.78. The Labute approximate surface area is 74.7 Å². The number of aldehydes is 1. The largest absolute Gasteiger partial charge is 0.299 e. The summed E-state index contributed by atoms with van der Waals surface area (Å²) in [6.07, 6.45) is 0.892. The lowest BCUT2D eigenvalue weighted by atomic mass is 10.1. The van der Waals surface area contributed by atoms with E-state index in [1.54, 1.807) is 6.07 Å². The molecule has 0 radical (unpaired) electrons. The fraction of sp³-hybridized carbons (Fsp3) is 0.100. The van der Waals surface area contributed by atoms with E-state index in [0.717, 1.165) is 0 Å². The molecular formula is C10H8F2O. The van der Waals surface area contributed by atoms with Gasteiger partial charge in [0.05, 0.1) is 0 Å². The molecule has 0 fully saturated rings. The standard InChI is InChI=1S/C10H8F2O/c11-10(12)9-5-1-3-8(7-9)4-2-6-13/h1-7,10H. The van der Waals surface area contributed by atoms with Gasteiger partial charge >= 0.3 is 0 Å². The highest BCUT2D eigenvalue weighted by molar-refractivity contribution is 5.73. The molecule has 13 heavy (non-hydrogen) atoms. The molecule has 0 N–H and O–H groups in total. The van der Waals surface area contributed by atoms with Gasteiger partial charge in [-0.05, 0) is 17.7 Å². The quantitative estimate of drug-likeness (QED) is 0.519. The molecule has 0 unspecified atom stereocenters. The van der Waals surface area contributed by atoms with Crippen molar-refractivity contribution >= 4 is 12.4 Å². The summed E-state index contributed by atoms with van der Waals surface area (Å²) < 4.78 is 24.4. The molecule has 1 aromatic carbocycles. The van der Waals surface area contributed by atoms with E-state index < -0.39 is 6.43 Å². The first kappa shape index (κ1) is 9.58. The lowest BCUT2D eigenvalue weighted by Gasteiger charge is -1.99. The number of benzene rings is 1. The number of hydrogen-bond donors (Lipinski definition) is 0. The maximum atomic E-state index is 12.2.